The maximum Gasteiger partial charge on any atom is 0.109 e. The SMILES string of the molecule is Cc1ccc2cc(CNCCc3nccn3C)ccc2n1. The van der Waals surface area contributed by atoms with Gasteiger partial charge in [-0.25, -0.2) is 4.98 Å². The molecule has 0 aliphatic heterocycles. The predicted molar refractivity (Wildman–Crippen MR) is 85.1 cm³/mol. The van der Waals surface area contributed by atoms with Gasteiger partial charge in [0.25, 0.3) is 0 Å². The molecule has 2 heterocycles. The standard InChI is InChI=1S/C17H20N4/c1-13-3-5-15-11-14(4-6-16(15)20-13)12-18-8-7-17-19-9-10-21(17)2/h3-6,9-11,18H,7-8,12H2,1-2H3. The normalized spacial score (nSPS) is 11.1. The van der Waals surface area contributed by atoms with Gasteiger partial charge in [-0.15, -0.1) is 0 Å². The van der Waals surface area contributed by atoms with Crippen LogP contribution in [0.2, 0.25) is 0 Å². The van der Waals surface area contributed by atoms with Crippen LogP contribution in [0.3, 0.4) is 0 Å². The van der Waals surface area contributed by atoms with E-state index in [2.05, 4.69) is 50.2 Å². The van der Waals surface area contributed by atoms with E-state index in [1.165, 1.54) is 10.9 Å². The Morgan fingerprint density at radius 2 is 2.10 bits per heavy atom. The minimum atomic E-state index is 0.869. The number of hydrogen-bond donors (Lipinski definition) is 1. The first kappa shape index (κ1) is 13.8. The summed E-state index contributed by atoms with van der Waals surface area (Å²) < 4.78 is 2.06. The Hall–Kier alpha value is -2.20. The molecule has 4 heteroatoms. The number of imidazole rings is 1. The zero-order chi connectivity index (χ0) is 14.7. The van der Waals surface area contributed by atoms with E-state index >= 15 is 0 Å². The topological polar surface area (TPSA) is 42.7 Å². The van der Waals surface area contributed by atoms with Crippen LogP contribution in [0.25, 0.3) is 10.9 Å². The smallest absolute Gasteiger partial charge is 0.109 e. The molecule has 0 unspecified atom stereocenters. The second-order valence-electron chi connectivity index (χ2n) is 5.36. The molecule has 1 aromatic carbocycles. The van der Waals surface area contributed by atoms with Crippen LogP contribution >= 0.6 is 0 Å². The molecule has 0 saturated heterocycles. The van der Waals surface area contributed by atoms with Crippen LogP contribution in [0.1, 0.15) is 17.1 Å². The van der Waals surface area contributed by atoms with Gasteiger partial charge in [0.15, 0.2) is 0 Å². The van der Waals surface area contributed by atoms with Crippen LogP contribution in [0, 0.1) is 6.92 Å². The summed E-state index contributed by atoms with van der Waals surface area (Å²) in [5, 5.41) is 4.67. The maximum atomic E-state index is 4.53. The van der Waals surface area contributed by atoms with Crippen LogP contribution in [-0.4, -0.2) is 21.1 Å². The third-order valence-electron chi connectivity index (χ3n) is 3.67. The highest BCUT2D eigenvalue weighted by atomic mass is 15.0. The minimum absolute atomic E-state index is 0.869. The van der Waals surface area contributed by atoms with Gasteiger partial charge in [-0.2, -0.15) is 0 Å². The maximum absolute atomic E-state index is 4.53. The van der Waals surface area contributed by atoms with Gasteiger partial charge < -0.3 is 9.88 Å². The van der Waals surface area contributed by atoms with Gasteiger partial charge in [-0.1, -0.05) is 12.1 Å². The third-order valence-corrected chi connectivity index (χ3v) is 3.67. The van der Waals surface area contributed by atoms with E-state index in [1.807, 2.05) is 26.4 Å². The number of aromatic nitrogens is 3. The molecule has 108 valence electrons. The fourth-order valence-electron chi connectivity index (χ4n) is 2.46. The summed E-state index contributed by atoms with van der Waals surface area (Å²) in [6.07, 6.45) is 4.76. The van der Waals surface area contributed by atoms with Gasteiger partial charge in [0.1, 0.15) is 5.82 Å². The van der Waals surface area contributed by atoms with Crippen LogP contribution in [0.4, 0.5) is 0 Å². The van der Waals surface area contributed by atoms with Gasteiger partial charge in [0.05, 0.1) is 5.52 Å². The summed E-state index contributed by atoms with van der Waals surface area (Å²) in [4.78, 5) is 8.85. The average molecular weight is 280 g/mol. The van der Waals surface area contributed by atoms with E-state index in [1.54, 1.807) is 0 Å². The molecule has 0 radical (unpaired) electrons. The van der Waals surface area contributed by atoms with Crippen molar-refractivity contribution < 1.29 is 0 Å². The molecule has 0 spiro atoms. The zero-order valence-electron chi connectivity index (χ0n) is 12.5. The number of hydrogen-bond acceptors (Lipinski definition) is 3. The number of aryl methyl sites for hydroxylation is 2. The van der Waals surface area contributed by atoms with E-state index < -0.39 is 0 Å². The monoisotopic (exact) mass is 280 g/mol. The third kappa shape index (κ3) is 3.28. The molecule has 0 aliphatic rings. The van der Waals surface area contributed by atoms with Crippen molar-refractivity contribution in [2.75, 3.05) is 6.54 Å². The van der Waals surface area contributed by atoms with Gasteiger partial charge in [-0.05, 0) is 30.7 Å². The molecule has 0 saturated carbocycles. The lowest BCUT2D eigenvalue weighted by molar-refractivity contribution is 0.655. The zero-order valence-corrected chi connectivity index (χ0v) is 12.5. The highest BCUT2D eigenvalue weighted by Crippen LogP contribution is 2.14. The largest absolute Gasteiger partial charge is 0.338 e. The second-order valence-corrected chi connectivity index (χ2v) is 5.36. The van der Waals surface area contributed by atoms with Crippen molar-refractivity contribution in [3.63, 3.8) is 0 Å². The number of rotatable bonds is 5. The number of benzene rings is 1. The first-order valence-electron chi connectivity index (χ1n) is 7.25. The van der Waals surface area contributed by atoms with Crippen molar-refractivity contribution in [3.05, 3.63) is 59.8 Å². The molecule has 3 rings (SSSR count). The Kier molecular flexibility index (Phi) is 3.97. The molecule has 0 atom stereocenters. The molecule has 3 aromatic rings. The predicted octanol–water partition coefficient (Wildman–Crippen LogP) is 2.61. The van der Waals surface area contributed by atoms with Crippen molar-refractivity contribution in [2.24, 2.45) is 7.05 Å². The molecule has 4 nitrogen and oxygen atoms in total. The van der Waals surface area contributed by atoms with E-state index in [0.717, 1.165) is 36.5 Å². The lowest BCUT2D eigenvalue weighted by Crippen LogP contribution is -2.18. The molecule has 2 aromatic heterocycles. The van der Waals surface area contributed by atoms with Crippen molar-refractivity contribution in [1.82, 2.24) is 19.9 Å². The Morgan fingerprint density at radius 3 is 2.90 bits per heavy atom. The summed E-state index contributed by atoms with van der Waals surface area (Å²) in [5.74, 6) is 1.11. The summed E-state index contributed by atoms with van der Waals surface area (Å²) in [7, 11) is 2.03. The van der Waals surface area contributed by atoms with E-state index in [-0.39, 0.29) is 0 Å². The summed E-state index contributed by atoms with van der Waals surface area (Å²) >= 11 is 0. The Balaban J connectivity index is 1.58. The van der Waals surface area contributed by atoms with Gasteiger partial charge in [0.2, 0.25) is 0 Å². The number of pyridine rings is 1. The Morgan fingerprint density at radius 1 is 1.19 bits per heavy atom. The quantitative estimate of drug-likeness (QED) is 0.731. The summed E-state index contributed by atoms with van der Waals surface area (Å²) in [6, 6.07) is 10.6. The van der Waals surface area contributed by atoms with Crippen molar-refractivity contribution in [1.29, 1.82) is 0 Å². The number of nitrogens with one attached hydrogen (secondary N) is 1. The first-order chi connectivity index (χ1) is 10.2. The molecule has 0 bridgehead atoms. The van der Waals surface area contributed by atoms with E-state index in [4.69, 9.17) is 0 Å². The van der Waals surface area contributed by atoms with E-state index in [9.17, 15) is 0 Å². The fourth-order valence-corrected chi connectivity index (χ4v) is 2.46. The van der Waals surface area contributed by atoms with Crippen LogP contribution in [0.5, 0.6) is 0 Å². The lowest BCUT2D eigenvalue weighted by atomic mass is 10.1. The Bertz CT molecular complexity index is 745. The fraction of sp³-hybridized carbons (Fsp3) is 0.294. The van der Waals surface area contributed by atoms with Gasteiger partial charge >= 0.3 is 0 Å². The highest BCUT2D eigenvalue weighted by Gasteiger charge is 2.00. The van der Waals surface area contributed by atoms with Crippen LogP contribution in [-0.2, 0) is 20.0 Å². The molecule has 0 aliphatic carbocycles. The molecular weight excluding hydrogens is 260 g/mol. The van der Waals surface area contributed by atoms with E-state index in [0.29, 0.717) is 0 Å². The van der Waals surface area contributed by atoms with Crippen molar-refractivity contribution in [2.45, 2.75) is 19.9 Å². The second kappa shape index (κ2) is 6.06. The van der Waals surface area contributed by atoms with Crippen LogP contribution < -0.4 is 5.32 Å². The van der Waals surface area contributed by atoms with Crippen LogP contribution in [0.15, 0.2) is 42.7 Å². The highest BCUT2D eigenvalue weighted by molar-refractivity contribution is 5.79. The molecule has 0 amide bonds. The summed E-state index contributed by atoms with van der Waals surface area (Å²) in [5.41, 5.74) is 3.41. The molecule has 1 N–H and O–H groups in total. The van der Waals surface area contributed by atoms with Crippen molar-refractivity contribution in [3.8, 4) is 0 Å². The number of nitrogens with zero attached hydrogens (tertiary/aromatic N) is 3. The Labute approximate surface area is 124 Å². The molecule has 0 fully saturated rings. The molecule has 21 heavy (non-hydrogen) atoms. The first-order valence-corrected chi connectivity index (χ1v) is 7.25. The lowest BCUT2D eigenvalue weighted by Gasteiger charge is -2.07. The van der Waals surface area contributed by atoms with Crippen molar-refractivity contribution >= 4 is 10.9 Å². The number of fused-ring (bicyclic) bond motifs is 1. The van der Waals surface area contributed by atoms with Gasteiger partial charge in [-0.3, -0.25) is 4.98 Å². The summed E-state index contributed by atoms with van der Waals surface area (Å²) in [6.45, 7) is 3.82. The molecular formula is C17H20N4. The average Bonchev–Trinajstić information content (AvgIpc) is 2.89. The minimum Gasteiger partial charge on any atom is -0.338 e. The van der Waals surface area contributed by atoms with Gasteiger partial charge in [0, 0.05) is 50.0 Å².